The van der Waals surface area contributed by atoms with E-state index in [0.29, 0.717) is 38.5 Å². The van der Waals surface area contributed by atoms with Crippen LogP contribution in [-0.2, 0) is 19.4 Å². The van der Waals surface area contributed by atoms with Gasteiger partial charge < -0.3 is 14.7 Å². The second-order valence-corrected chi connectivity index (χ2v) is 9.16. The van der Waals surface area contributed by atoms with Crippen molar-refractivity contribution in [3.63, 3.8) is 0 Å². The van der Waals surface area contributed by atoms with Gasteiger partial charge in [-0.25, -0.2) is 18.4 Å². The molecule has 148 valence electrons. The van der Waals surface area contributed by atoms with Crippen LogP contribution in [0.5, 0.6) is 0 Å². The molecule has 1 atom stereocenters. The third-order valence-electron chi connectivity index (χ3n) is 5.09. The third kappa shape index (κ3) is 4.94. The van der Waals surface area contributed by atoms with E-state index in [2.05, 4.69) is 9.97 Å². The average molecular weight is 395 g/mol. The van der Waals surface area contributed by atoms with Gasteiger partial charge in [0.25, 0.3) is 0 Å². The van der Waals surface area contributed by atoms with Crippen LogP contribution in [-0.4, -0.2) is 90.3 Å². The first-order valence-corrected chi connectivity index (χ1v) is 11.0. The van der Waals surface area contributed by atoms with Crippen molar-refractivity contribution in [2.45, 2.75) is 25.8 Å². The Labute approximate surface area is 159 Å². The van der Waals surface area contributed by atoms with E-state index in [4.69, 9.17) is 0 Å². The molecule has 9 nitrogen and oxygen atoms in total. The number of hydrogen-bond donors (Lipinski definition) is 0. The molecule has 0 saturated carbocycles. The van der Waals surface area contributed by atoms with Crippen molar-refractivity contribution >= 4 is 27.6 Å². The number of sulfone groups is 1. The fraction of sp³-hybridized carbons (Fsp3) is 0.647. The van der Waals surface area contributed by atoms with Gasteiger partial charge in [0, 0.05) is 64.5 Å². The van der Waals surface area contributed by atoms with Gasteiger partial charge in [0.2, 0.25) is 17.8 Å². The average Bonchev–Trinajstić information content (AvgIpc) is 3.02. The first-order chi connectivity index (χ1) is 12.9. The number of rotatable bonds is 5. The van der Waals surface area contributed by atoms with Gasteiger partial charge in [-0.15, -0.1) is 0 Å². The molecule has 2 amide bonds. The number of amides is 2. The van der Waals surface area contributed by atoms with E-state index in [0.717, 1.165) is 0 Å². The van der Waals surface area contributed by atoms with Crippen molar-refractivity contribution in [3.05, 3.63) is 18.5 Å². The molecule has 27 heavy (non-hydrogen) atoms. The summed E-state index contributed by atoms with van der Waals surface area (Å²) in [5.41, 5.74) is 0. The molecule has 0 spiro atoms. The summed E-state index contributed by atoms with van der Waals surface area (Å²) in [6.45, 7) is 4.16. The Hall–Kier alpha value is -2.23. The molecule has 3 heterocycles. The minimum atomic E-state index is -3.07. The molecule has 2 aliphatic heterocycles. The van der Waals surface area contributed by atoms with Gasteiger partial charge in [-0.3, -0.25) is 9.59 Å². The first kappa shape index (κ1) is 19.5. The number of piperazine rings is 1. The highest BCUT2D eigenvalue weighted by Crippen LogP contribution is 2.19. The molecule has 0 bridgehead atoms. The van der Waals surface area contributed by atoms with Gasteiger partial charge in [-0.1, -0.05) is 0 Å². The lowest BCUT2D eigenvalue weighted by Gasteiger charge is -2.35. The lowest BCUT2D eigenvalue weighted by atomic mass is 10.2. The standard InChI is InChI=1S/C17H25N5O4S/c1-14(23)22(15-4-12-27(25,26)13-15)7-3-16(24)20-8-10-21(11-9-20)17-18-5-2-6-19-17/h2,5-6,15H,3-4,7-13H2,1H3. The third-order valence-corrected chi connectivity index (χ3v) is 6.84. The SMILES string of the molecule is CC(=O)N(CCC(=O)N1CCN(c2ncccn2)CC1)C1CCS(=O)(=O)C1. The summed E-state index contributed by atoms with van der Waals surface area (Å²) < 4.78 is 23.3. The van der Waals surface area contributed by atoms with Crippen LogP contribution in [0.2, 0.25) is 0 Å². The Morgan fingerprint density at radius 3 is 2.41 bits per heavy atom. The van der Waals surface area contributed by atoms with Crippen LogP contribution in [0, 0.1) is 0 Å². The molecule has 3 rings (SSSR count). The monoisotopic (exact) mass is 395 g/mol. The van der Waals surface area contributed by atoms with Gasteiger partial charge in [-0.05, 0) is 12.5 Å². The number of nitrogens with zero attached hydrogens (tertiary/aromatic N) is 5. The second kappa shape index (κ2) is 8.20. The van der Waals surface area contributed by atoms with Crippen LogP contribution in [0.3, 0.4) is 0 Å². The van der Waals surface area contributed by atoms with Crippen LogP contribution >= 0.6 is 0 Å². The molecule has 1 unspecified atom stereocenters. The van der Waals surface area contributed by atoms with Crippen molar-refractivity contribution in [2.75, 3.05) is 49.1 Å². The topological polar surface area (TPSA) is 104 Å². The van der Waals surface area contributed by atoms with Crippen molar-refractivity contribution in [1.29, 1.82) is 0 Å². The van der Waals surface area contributed by atoms with E-state index >= 15 is 0 Å². The molecule has 1 aromatic heterocycles. The van der Waals surface area contributed by atoms with Crippen LogP contribution in [0.25, 0.3) is 0 Å². The number of carbonyl (C=O) groups is 2. The van der Waals surface area contributed by atoms with Crippen LogP contribution in [0.4, 0.5) is 5.95 Å². The van der Waals surface area contributed by atoms with Crippen molar-refractivity contribution in [2.24, 2.45) is 0 Å². The summed E-state index contributed by atoms with van der Waals surface area (Å²) in [4.78, 5) is 38.3. The second-order valence-electron chi connectivity index (χ2n) is 6.94. The Balaban J connectivity index is 1.49. The summed E-state index contributed by atoms with van der Waals surface area (Å²) in [5.74, 6) is 0.566. The summed E-state index contributed by atoms with van der Waals surface area (Å²) in [6, 6.07) is 1.45. The number of hydrogen-bond acceptors (Lipinski definition) is 7. The van der Waals surface area contributed by atoms with Gasteiger partial charge in [0.15, 0.2) is 9.84 Å². The number of aromatic nitrogens is 2. The van der Waals surface area contributed by atoms with Crippen LogP contribution in [0.1, 0.15) is 19.8 Å². The van der Waals surface area contributed by atoms with E-state index < -0.39 is 9.84 Å². The van der Waals surface area contributed by atoms with Gasteiger partial charge in [-0.2, -0.15) is 0 Å². The van der Waals surface area contributed by atoms with Crippen molar-refractivity contribution in [3.8, 4) is 0 Å². The molecule has 10 heteroatoms. The zero-order valence-corrected chi connectivity index (χ0v) is 16.3. The summed E-state index contributed by atoms with van der Waals surface area (Å²) in [7, 11) is -3.07. The zero-order valence-electron chi connectivity index (χ0n) is 15.5. The Morgan fingerprint density at radius 1 is 1.19 bits per heavy atom. The molecular formula is C17H25N5O4S. The molecule has 0 radical (unpaired) electrons. The maximum Gasteiger partial charge on any atom is 0.225 e. The molecule has 0 aromatic carbocycles. The minimum absolute atomic E-state index is 0.00345. The van der Waals surface area contributed by atoms with E-state index in [-0.39, 0.29) is 42.3 Å². The molecule has 0 N–H and O–H groups in total. The predicted octanol–water partition coefficient (Wildman–Crippen LogP) is -0.449. The van der Waals surface area contributed by atoms with E-state index in [9.17, 15) is 18.0 Å². The lowest BCUT2D eigenvalue weighted by molar-refractivity contribution is -0.134. The van der Waals surface area contributed by atoms with Gasteiger partial charge in [0.1, 0.15) is 0 Å². The maximum atomic E-state index is 12.5. The van der Waals surface area contributed by atoms with E-state index in [1.807, 2.05) is 4.90 Å². The predicted molar refractivity (Wildman–Crippen MR) is 99.9 cm³/mol. The van der Waals surface area contributed by atoms with E-state index in [1.165, 1.54) is 11.8 Å². The lowest BCUT2D eigenvalue weighted by Crippen LogP contribution is -2.50. The van der Waals surface area contributed by atoms with Crippen molar-refractivity contribution < 1.29 is 18.0 Å². The number of carbonyl (C=O) groups excluding carboxylic acids is 2. The summed E-state index contributed by atoms with van der Waals surface area (Å²) in [5, 5.41) is 0. The van der Waals surface area contributed by atoms with Gasteiger partial charge in [0.05, 0.1) is 11.5 Å². The minimum Gasteiger partial charge on any atom is -0.339 e. The number of anilines is 1. The fourth-order valence-corrected chi connectivity index (χ4v) is 5.33. The van der Waals surface area contributed by atoms with E-state index in [1.54, 1.807) is 23.4 Å². The van der Waals surface area contributed by atoms with Crippen LogP contribution in [0.15, 0.2) is 18.5 Å². The smallest absolute Gasteiger partial charge is 0.225 e. The van der Waals surface area contributed by atoms with Crippen molar-refractivity contribution in [1.82, 2.24) is 19.8 Å². The zero-order chi connectivity index (χ0) is 19.4. The fourth-order valence-electron chi connectivity index (χ4n) is 3.60. The van der Waals surface area contributed by atoms with Gasteiger partial charge >= 0.3 is 0 Å². The first-order valence-electron chi connectivity index (χ1n) is 9.13. The molecule has 1 aromatic rings. The highest BCUT2D eigenvalue weighted by molar-refractivity contribution is 7.91. The normalized spacial score (nSPS) is 21.9. The summed E-state index contributed by atoms with van der Waals surface area (Å²) in [6.07, 6.45) is 4.04. The van der Waals surface area contributed by atoms with Crippen LogP contribution < -0.4 is 4.90 Å². The molecule has 0 aliphatic carbocycles. The Morgan fingerprint density at radius 2 is 1.85 bits per heavy atom. The largest absolute Gasteiger partial charge is 0.339 e. The molecule has 2 aliphatic rings. The quantitative estimate of drug-likeness (QED) is 0.665. The Bertz CT molecular complexity index is 778. The molecule has 2 fully saturated rings. The molecule has 2 saturated heterocycles. The highest BCUT2D eigenvalue weighted by Gasteiger charge is 2.34. The maximum absolute atomic E-state index is 12.5. The highest BCUT2D eigenvalue weighted by atomic mass is 32.2. The Kier molecular flexibility index (Phi) is 5.93. The summed E-state index contributed by atoms with van der Waals surface area (Å²) >= 11 is 0. The molecular weight excluding hydrogens is 370 g/mol.